The number of ether oxygens (including phenoxy) is 1. The van der Waals surface area contributed by atoms with Gasteiger partial charge in [-0.1, -0.05) is 19.9 Å². The van der Waals surface area contributed by atoms with E-state index < -0.39 is 41.9 Å². The van der Waals surface area contributed by atoms with Crippen molar-refractivity contribution in [3.05, 3.63) is 12.2 Å². The monoisotopic (exact) mass is 430 g/mol. The summed E-state index contributed by atoms with van der Waals surface area (Å²) >= 11 is 4.10. The van der Waals surface area contributed by atoms with E-state index in [2.05, 4.69) is 34.1 Å². The normalized spacial score (nSPS) is 26.0. The second kappa shape index (κ2) is 13.2. The van der Waals surface area contributed by atoms with Crippen LogP contribution in [0.2, 0.25) is 0 Å². The molecule has 1 rings (SSSR count). The van der Waals surface area contributed by atoms with Crippen LogP contribution in [0.3, 0.4) is 0 Å². The highest BCUT2D eigenvalue weighted by molar-refractivity contribution is 7.80. The van der Waals surface area contributed by atoms with E-state index in [9.17, 15) is 19.2 Å². The predicted octanol–water partition coefficient (Wildman–Crippen LogP) is -0.582. The number of esters is 1. The second-order valence-electron chi connectivity index (χ2n) is 6.86. The first kappa shape index (κ1) is 24.9. The molecule has 10 nitrogen and oxygen atoms in total. The minimum atomic E-state index is -0.864. The number of hydroxylamine groups is 1. The number of hydrogen-bond acceptors (Lipinski definition) is 8. The van der Waals surface area contributed by atoms with E-state index in [4.69, 9.17) is 9.57 Å². The molecule has 1 aliphatic heterocycles. The van der Waals surface area contributed by atoms with Gasteiger partial charge in [0.1, 0.15) is 25.4 Å². The lowest BCUT2D eigenvalue weighted by Crippen LogP contribution is -2.51. The molecule has 11 heteroatoms. The van der Waals surface area contributed by atoms with E-state index >= 15 is 0 Å². The van der Waals surface area contributed by atoms with E-state index in [0.29, 0.717) is 12.2 Å². The Morgan fingerprint density at radius 2 is 1.93 bits per heavy atom. The third-order valence-electron chi connectivity index (χ3n) is 3.99. The predicted molar refractivity (Wildman–Crippen MR) is 109 cm³/mol. The van der Waals surface area contributed by atoms with Gasteiger partial charge in [-0.3, -0.25) is 29.3 Å². The number of rotatable bonds is 4. The van der Waals surface area contributed by atoms with Gasteiger partial charge in [0.2, 0.25) is 11.8 Å². The van der Waals surface area contributed by atoms with Gasteiger partial charge in [-0.25, -0.2) is 5.48 Å². The van der Waals surface area contributed by atoms with Crippen molar-refractivity contribution in [1.82, 2.24) is 21.4 Å². The van der Waals surface area contributed by atoms with Crippen molar-refractivity contribution in [3.63, 3.8) is 0 Å². The molecule has 164 valence electrons. The Balaban J connectivity index is 2.92. The molecule has 1 fully saturated rings. The van der Waals surface area contributed by atoms with Gasteiger partial charge < -0.3 is 15.4 Å². The van der Waals surface area contributed by atoms with Gasteiger partial charge in [-0.2, -0.15) is 12.6 Å². The minimum absolute atomic E-state index is 0.0978. The van der Waals surface area contributed by atoms with Crippen LogP contribution in [-0.4, -0.2) is 60.9 Å². The fraction of sp³-hybridized carbons (Fsp3) is 0.667. The maximum absolute atomic E-state index is 12.3. The van der Waals surface area contributed by atoms with E-state index in [1.807, 2.05) is 13.8 Å². The van der Waals surface area contributed by atoms with E-state index in [1.165, 1.54) is 6.92 Å². The van der Waals surface area contributed by atoms with Crippen LogP contribution in [0.4, 0.5) is 0 Å². The molecule has 0 bridgehead atoms. The quantitative estimate of drug-likeness (QED) is 0.229. The highest BCUT2D eigenvalue weighted by Gasteiger charge is 2.24. The maximum Gasteiger partial charge on any atom is 0.326 e. The third kappa shape index (κ3) is 9.77. The molecule has 3 amide bonds. The number of amides is 3. The molecule has 29 heavy (non-hydrogen) atoms. The van der Waals surface area contributed by atoms with Crippen molar-refractivity contribution in [2.75, 3.05) is 19.0 Å². The number of hydrogen-bond donors (Lipinski definition) is 5. The van der Waals surface area contributed by atoms with Gasteiger partial charge in [-0.05, 0) is 31.1 Å². The Hall–Kier alpha value is -2.11. The van der Waals surface area contributed by atoms with Gasteiger partial charge in [0.15, 0.2) is 0 Å². The number of cyclic esters (lactones) is 1. The Morgan fingerprint density at radius 3 is 2.59 bits per heavy atom. The molecule has 1 saturated heterocycles. The SMILES string of the molecule is CC(C)[C@H]1NCONC(=O)[C@@H](C)NC(=O)C[C@@H](/C=C/CCS)OC(=O)CNC1=O. The fourth-order valence-electron chi connectivity index (χ4n) is 2.46. The van der Waals surface area contributed by atoms with Crippen molar-refractivity contribution in [1.29, 1.82) is 0 Å². The fourth-order valence-corrected chi connectivity index (χ4v) is 2.61. The molecule has 0 aromatic rings. The number of allylic oxidation sites excluding steroid dienone is 1. The molecule has 0 radical (unpaired) electrons. The minimum Gasteiger partial charge on any atom is -0.456 e. The zero-order valence-corrected chi connectivity index (χ0v) is 17.8. The van der Waals surface area contributed by atoms with Gasteiger partial charge in [-0.15, -0.1) is 0 Å². The number of nitrogens with one attached hydrogen (secondary N) is 4. The van der Waals surface area contributed by atoms with E-state index in [0.717, 1.165) is 0 Å². The molecule has 1 heterocycles. The zero-order chi connectivity index (χ0) is 21.8. The van der Waals surface area contributed by atoms with Crippen LogP contribution in [0.5, 0.6) is 0 Å². The standard InChI is InChI=1S/C18H30N4O6S/c1-11(2)16-18(26)19-9-15(24)28-13(6-4-5-7-29)8-14(23)21-12(3)17(25)22-27-10-20-16/h4,6,11-13,16,20,29H,5,7-10H2,1-3H3,(H,19,26)(H,21,23)(H,22,25)/b6-4+/t12-,13-,16-/m1/s1. The zero-order valence-electron chi connectivity index (χ0n) is 16.9. The van der Waals surface area contributed by atoms with Crippen LogP contribution in [0, 0.1) is 5.92 Å². The van der Waals surface area contributed by atoms with E-state index in [1.54, 1.807) is 12.2 Å². The summed E-state index contributed by atoms with van der Waals surface area (Å²) in [7, 11) is 0. The molecule has 0 saturated carbocycles. The van der Waals surface area contributed by atoms with Gasteiger partial charge in [0.05, 0.1) is 12.5 Å². The van der Waals surface area contributed by atoms with Crippen molar-refractivity contribution in [2.45, 2.75) is 51.8 Å². The summed E-state index contributed by atoms with van der Waals surface area (Å²) in [5.74, 6) is -1.62. The van der Waals surface area contributed by atoms with Crippen molar-refractivity contribution < 1.29 is 28.8 Å². The van der Waals surface area contributed by atoms with Crippen molar-refractivity contribution >= 4 is 36.3 Å². The van der Waals surface area contributed by atoms with Crippen LogP contribution in [0.15, 0.2) is 12.2 Å². The van der Waals surface area contributed by atoms with Crippen LogP contribution in [-0.2, 0) is 28.8 Å². The van der Waals surface area contributed by atoms with Crippen LogP contribution in [0.25, 0.3) is 0 Å². The average molecular weight is 431 g/mol. The summed E-state index contributed by atoms with van der Waals surface area (Å²) in [6.07, 6.45) is 2.96. The first-order chi connectivity index (χ1) is 13.7. The lowest BCUT2D eigenvalue weighted by molar-refractivity contribution is -0.149. The molecule has 0 aromatic heterocycles. The van der Waals surface area contributed by atoms with Crippen LogP contribution >= 0.6 is 12.6 Å². The first-order valence-corrected chi connectivity index (χ1v) is 10.1. The summed E-state index contributed by atoms with van der Waals surface area (Å²) < 4.78 is 5.30. The molecular formula is C18H30N4O6S. The Morgan fingerprint density at radius 1 is 1.21 bits per heavy atom. The summed E-state index contributed by atoms with van der Waals surface area (Å²) in [5, 5.41) is 7.87. The molecule has 0 aromatic carbocycles. The number of thiol groups is 1. The smallest absolute Gasteiger partial charge is 0.326 e. The summed E-state index contributed by atoms with van der Waals surface area (Å²) in [6, 6.07) is -1.51. The van der Waals surface area contributed by atoms with Gasteiger partial charge >= 0.3 is 5.97 Å². The van der Waals surface area contributed by atoms with Crippen molar-refractivity contribution in [2.24, 2.45) is 5.92 Å². The Kier molecular flexibility index (Phi) is 11.3. The summed E-state index contributed by atoms with van der Waals surface area (Å²) in [6.45, 7) is 4.68. The molecule has 3 atom stereocenters. The average Bonchev–Trinajstić information content (AvgIpc) is 2.64. The summed E-state index contributed by atoms with van der Waals surface area (Å²) in [4.78, 5) is 53.7. The molecule has 0 spiro atoms. The molecule has 0 aliphatic carbocycles. The van der Waals surface area contributed by atoms with Crippen molar-refractivity contribution in [3.8, 4) is 0 Å². The number of carbonyl (C=O) groups is 4. The largest absolute Gasteiger partial charge is 0.456 e. The molecule has 0 unspecified atom stereocenters. The topological polar surface area (TPSA) is 135 Å². The van der Waals surface area contributed by atoms with E-state index in [-0.39, 0.29) is 25.6 Å². The highest BCUT2D eigenvalue weighted by atomic mass is 32.1. The Bertz CT molecular complexity index is 613. The van der Waals surface area contributed by atoms with Gasteiger partial charge in [0.25, 0.3) is 5.91 Å². The molecular weight excluding hydrogens is 400 g/mol. The lowest BCUT2D eigenvalue weighted by atomic mass is 10.0. The van der Waals surface area contributed by atoms with Crippen LogP contribution in [0.1, 0.15) is 33.6 Å². The van der Waals surface area contributed by atoms with Crippen LogP contribution < -0.4 is 21.4 Å². The Labute approximate surface area is 175 Å². The van der Waals surface area contributed by atoms with Gasteiger partial charge in [0, 0.05) is 0 Å². The number of carbonyl (C=O) groups excluding carboxylic acids is 4. The second-order valence-corrected chi connectivity index (χ2v) is 7.31. The third-order valence-corrected chi connectivity index (χ3v) is 4.25. The molecule has 1 aliphatic rings. The lowest BCUT2D eigenvalue weighted by Gasteiger charge is -2.23. The first-order valence-electron chi connectivity index (χ1n) is 9.43. The molecule has 4 N–H and O–H groups in total. The highest BCUT2D eigenvalue weighted by Crippen LogP contribution is 2.05. The maximum atomic E-state index is 12.3. The summed E-state index contributed by atoms with van der Waals surface area (Å²) in [5.41, 5.74) is 2.21.